The summed E-state index contributed by atoms with van der Waals surface area (Å²) in [5.41, 5.74) is 5.81. The molecule has 5 rings (SSSR count). The maximum atomic E-state index is 11.9. The third-order valence-corrected chi connectivity index (χ3v) is 5.92. The average Bonchev–Trinajstić information content (AvgIpc) is 2.76. The Morgan fingerprint density at radius 2 is 1.70 bits per heavy atom. The molecule has 9 nitrogen and oxygen atoms in total. The molecule has 2 aliphatic rings. The van der Waals surface area contributed by atoms with Gasteiger partial charge in [0.2, 0.25) is 11.8 Å². The van der Waals surface area contributed by atoms with Crippen LogP contribution in [0.1, 0.15) is 23.2 Å². The fourth-order valence-electron chi connectivity index (χ4n) is 4.36. The molecule has 1 saturated carbocycles. The highest BCUT2D eigenvalue weighted by Gasteiger charge is 2.52. The number of aromatic nitrogens is 2. The van der Waals surface area contributed by atoms with Gasteiger partial charge in [-0.15, -0.1) is 0 Å². The smallest absolute Gasteiger partial charge is 0.255 e. The molecule has 33 heavy (non-hydrogen) atoms. The van der Waals surface area contributed by atoms with Gasteiger partial charge >= 0.3 is 0 Å². The fourth-order valence-corrected chi connectivity index (χ4v) is 4.36. The van der Waals surface area contributed by atoms with E-state index >= 15 is 0 Å². The fraction of sp³-hybridized carbons (Fsp3) is 0.250. The van der Waals surface area contributed by atoms with Crippen LogP contribution in [0.15, 0.2) is 60.8 Å². The first kappa shape index (κ1) is 20.6. The number of carbonyl (C=O) groups is 1. The van der Waals surface area contributed by atoms with E-state index in [4.69, 9.17) is 20.5 Å². The number of nitrogens with zero attached hydrogens (tertiary/aromatic N) is 4. The van der Waals surface area contributed by atoms with Crippen LogP contribution >= 0.6 is 0 Å². The van der Waals surface area contributed by atoms with Crippen molar-refractivity contribution in [2.75, 3.05) is 18.4 Å². The first-order chi connectivity index (χ1) is 16.0. The second kappa shape index (κ2) is 8.31. The van der Waals surface area contributed by atoms with Crippen LogP contribution in [0.4, 0.5) is 5.95 Å². The Morgan fingerprint density at radius 3 is 2.33 bits per heavy atom. The van der Waals surface area contributed by atoms with Gasteiger partial charge in [0, 0.05) is 30.7 Å². The molecule has 2 heterocycles. The van der Waals surface area contributed by atoms with Crippen molar-refractivity contribution in [1.29, 1.82) is 5.26 Å². The van der Waals surface area contributed by atoms with E-state index in [9.17, 15) is 4.79 Å². The molecule has 1 amide bonds. The first-order valence-corrected chi connectivity index (χ1v) is 10.6. The predicted molar refractivity (Wildman–Crippen MR) is 120 cm³/mol. The van der Waals surface area contributed by atoms with Gasteiger partial charge < -0.3 is 25.4 Å². The maximum Gasteiger partial charge on any atom is 0.255 e. The largest absolute Gasteiger partial charge is 0.457 e. The molecule has 0 atom stereocenters. The SMILES string of the molecule is N#CN1CC2(CC(Nc3ncc(C(N)=O)c(Oc4ccc(Oc5ccccc5)cc4)n3)C2)C1. The maximum absolute atomic E-state index is 11.9. The van der Waals surface area contributed by atoms with Gasteiger partial charge in [-0.05, 0) is 49.2 Å². The number of nitrogens with one attached hydrogen (secondary N) is 1. The van der Waals surface area contributed by atoms with Crippen molar-refractivity contribution in [3.05, 3.63) is 66.4 Å². The number of anilines is 1. The first-order valence-electron chi connectivity index (χ1n) is 10.6. The molecular weight excluding hydrogens is 420 g/mol. The van der Waals surface area contributed by atoms with Crippen LogP contribution in [0.25, 0.3) is 0 Å². The molecule has 0 bridgehead atoms. The Bertz CT molecular complexity index is 1200. The molecule has 1 aromatic heterocycles. The molecule has 0 radical (unpaired) electrons. The number of likely N-dealkylation sites (tertiary alicyclic amines) is 1. The minimum Gasteiger partial charge on any atom is -0.457 e. The highest BCUT2D eigenvalue weighted by Crippen LogP contribution is 2.48. The third kappa shape index (κ3) is 4.36. The van der Waals surface area contributed by atoms with Crippen LogP contribution < -0.4 is 20.5 Å². The Kier molecular flexibility index (Phi) is 5.18. The number of amides is 1. The number of rotatable bonds is 7. The molecule has 9 heteroatoms. The summed E-state index contributed by atoms with van der Waals surface area (Å²) in [5.74, 6) is 1.65. The van der Waals surface area contributed by atoms with Crippen molar-refractivity contribution in [1.82, 2.24) is 14.9 Å². The van der Waals surface area contributed by atoms with E-state index < -0.39 is 5.91 Å². The van der Waals surface area contributed by atoms with Crippen molar-refractivity contribution in [3.63, 3.8) is 0 Å². The zero-order chi connectivity index (χ0) is 22.8. The number of nitrogens with two attached hydrogens (primary N) is 1. The number of benzene rings is 2. The number of ether oxygens (including phenoxy) is 2. The standard InChI is InChI=1S/C24H22N6O3/c25-15-30-13-24(14-30)10-16(11-24)28-23-27-12-20(21(26)31)22(29-23)33-19-8-6-18(7-9-19)32-17-4-2-1-3-5-17/h1-9,12,16H,10-11,13-14H2,(H2,26,31)(H,27,28,29). The van der Waals surface area contributed by atoms with E-state index in [1.807, 2.05) is 30.3 Å². The summed E-state index contributed by atoms with van der Waals surface area (Å²) in [4.78, 5) is 22.2. The lowest BCUT2D eigenvalue weighted by atomic mass is 9.61. The zero-order valence-electron chi connectivity index (χ0n) is 17.8. The van der Waals surface area contributed by atoms with Gasteiger partial charge in [-0.1, -0.05) is 18.2 Å². The second-order valence-corrected chi connectivity index (χ2v) is 8.47. The van der Waals surface area contributed by atoms with E-state index in [0.29, 0.717) is 17.4 Å². The van der Waals surface area contributed by atoms with Crippen LogP contribution in [-0.4, -0.2) is 39.9 Å². The van der Waals surface area contributed by atoms with E-state index in [2.05, 4.69) is 21.5 Å². The van der Waals surface area contributed by atoms with Gasteiger partial charge in [0.25, 0.3) is 5.91 Å². The summed E-state index contributed by atoms with van der Waals surface area (Å²) in [6.07, 6.45) is 5.44. The summed E-state index contributed by atoms with van der Waals surface area (Å²) in [6, 6.07) is 16.7. The van der Waals surface area contributed by atoms with Crippen LogP contribution in [-0.2, 0) is 0 Å². The van der Waals surface area contributed by atoms with Crippen LogP contribution in [0.3, 0.4) is 0 Å². The minimum atomic E-state index is -0.672. The number of carbonyl (C=O) groups excluding carboxylic acids is 1. The highest BCUT2D eigenvalue weighted by atomic mass is 16.5. The van der Waals surface area contributed by atoms with Gasteiger partial charge in [-0.2, -0.15) is 10.2 Å². The Balaban J connectivity index is 1.25. The second-order valence-electron chi connectivity index (χ2n) is 8.47. The van der Waals surface area contributed by atoms with E-state index in [-0.39, 0.29) is 22.9 Å². The number of hydrogen-bond acceptors (Lipinski definition) is 8. The normalized spacial score (nSPS) is 16.3. The summed E-state index contributed by atoms with van der Waals surface area (Å²) < 4.78 is 11.6. The molecule has 2 aromatic carbocycles. The Hall–Kier alpha value is -4.32. The van der Waals surface area contributed by atoms with Gasteiger partial charge in [0.1, 0.15) is 22.8 Å². The molecule has 1 saturated heterocycles. The van der Waals surface area contributed by atoms with E-state index in [1.165, 1.54) is 6.20 Å². The van der Waals surface area contributed by atoms with Gasteiger partial charge in [0.15, 0.2) is 6.19 Å². The minimum absolute atomic E-state index is 0.0880. The topological polar surface area (TPSA) is 126 Å². The zero-order valence-corrected chi connectivity index (χ0v) is 17.8. The molecule has 1 aliphatic carbocycles. The molecule has 0 unspecified atom stereocenters. The van der Waals surface area contributed by atoms with Gasteiger partial charge in [0.05, 0.1) is 0 Å². The average molecular weight is 442 g/mol. The molecule has 3 N–H and O–H groups in total. The molecule has 1 spiro atoms. The summed E-state index contributed by atoms with van der Waals surface area (Å²) >= 11 is 0. The molecule has 166 valence electrons. The number of primary amides is 1. The molecular formula is C24H22N6O3. The third-order valence-electron chi connectivity index (χ3n) is 5.92. The summed E-state index contributed by atoms with van der Waals surface area (Å²) in [7, 11) is 0. The lowest BCUT2D eigenvalue weighted by molar-refractivity contribution is -0.0338. The van der Waals surface area contributed by atoms with Crippen molar-refractivity contribution >= 4 is 11.9 Å². The predicted octanol–water partition coefficient (Wildman–Crippen LogP) is 3.52. The number of hydrogen-bond donors (Lipinski definition) is 2. The lowest BCUT2D eigenvalue weighted by Gasteiger charge is -2.57. The van der Waals surface area contributed by atoms with Gasteiger partial charge in [-0.25, -0.2) is 4.98 Å². The van der Waals surface area contributed by atoms with Crippen LogP contribution in [0.2, 0.25) is 0 Å². The summed E-state index contributed by atoms with van der Waals surface area (Å²) in [5, 5.41) is 12.2. The van der Waals surface area contributed by atoms with Crippen molar-refractivity contribution in [2.45, 2.75) is 18.9 Å². The number of nitriles is 1. The number of para-hydroxylation sites is 1. The van der Waals surface area contributed by atoms with Crippen LogP contribution in [0, 0.1) is 16.9 Å². The van der Waals surface area contributed by atoms with Crippen molar-refractivity contribution < 1.29 is 14.3 Å². The Morgan fingerprint density at radius 1 is 1.06 bits per heavy atom. The van der Waals surface area contributed by atoms with Gasteiger partial charge in [-0.3, -0.25) is 4.79 Å². The van der Waals surface area contributed by atoms with E-state index in [0.717, 1.165) is 31.7 Å². The Labute approximate surface area is 190 Å². The molecule has 3 aromatic rings. The monoisotopic (exact) mass is 442 g/mol. The van der Waals surface area contributed by atoms with Crippen molar-refractivity contribution in [2.24, 2.45) is 11.1 Å². The van der Waals surface area contributed by atoms with E-state index in [1.54, 1.807) is 29.2 Å². The summed E-state index contributed by atoms with van der Waals surface area (Å²) in [6.45, 7) is 1.61. The van der Waals surface area contributed by atoms with Crippen molar-refractivity contribution in [3.8, 4) is 29.3 Å². The quantitative estimate of drug-likeness (QED) is 0.532. The molecule has 1 aliphatic heterocycles. The van der Waals surface area contributed by atoms with Crippen LogP contribution in [0.5, 0.6) is 23.1 Å². The molecule has 2 fully saturated rings. The lowest BCUT2D eigenvalue weighted by Crippen LogP contribution is -2.63. The highest BCUT2D eigenvalue weighted by molar-refractivity contribution is 5.94.